The van der Waals surface area contributed by atoms with Gasteiger partial charge in [0.1, 0.15) is 4.60 Å². The number of aliphatic hydroxyl groups is 1. The summed E-state index contributed by atoms with van der Waals surface area (Å²) >= 11 is 3.33. The van der Waals surface area contributed by atoms with Crippen molar-refractivity contribution in [1.29, 1.82) is 0 Å². The molecule has 0 atom stereocenters. The molecular formula is C16H25BrN2O2. The molecule has 1 aromatic heterocycles. The lowest BCUT2D eigenvalue weighted by Crippen LogP contribution is -2.33. The summed E-state index contributed by atoms with van der Waals surface area (Å²) in [7, 11) is 0. The minimum Gasteiger partial charge on any atom is -0.396 e. The summed E-state index contributed by atoms with van der Waals surface area (Å²) in [6, 6.07) is 3.55. The maximum Gasteiger partial charge on any atom is 0.256 e. The summed E-state index contributed by atoms with van der Waals surface area (Å²) in [6.45, 7) is 3.62. The van der Waals surface area contributed by atoms with Crippen LogP contribution in [0.25, 0.3) is 0 Å². The lowest BCUT2D eigenvalue weighted by atomic mass is 10.1. The van der Waals surface area contributed by atoms with Crippen LogP contribution in [0.1, 0.15) is 55.8 Å². The van der Waals surface area contributed by atoms with Crippen LogP contribution in [0.2, 0.25) is 0 Å². The Morgan fingerprint density at radius 2 is 1.95 bits per heavy atom. The lowest BCUT2D eigenvalue weighted by Gasteiger charge is -2.23. The van der Waals surface area contributed by atoms with Crippen molar-refractivity contribution >= 4 is 21.8 Å². The molecule has 0 bridgehead atoms. The van der Waals surface area contributed by atoms with Crippen molar-refractivity contribution in [2.24, 2.45) is 0 Å². The largest absolute Gasteiger partial charge is 0.396 e. The summed E-state index contributed by atoms with van der Waals surface area (Å²) in [5, 5.41) is 9.00. The Bertz CT molecular complexity index is 426. The topological polar surface area (TPSA) is 53.4 Å². The van der Waals surface area contributed by atoms with Crippen LogP contribution >= 0.6 is 15.9 Å². The highest BCUT2D eigenvalue weighted by Crippen LogP contribution is 2.16. The average molecular weight is 357 g/mol. The van der Waals surface area contributed by atoms with Crippen LogP contribution in [0.4, 0.5) is 0 Å². The Kier molecular flexibility index (Phi) is 9.26. The SMILES string of the molecule is CCCCCCCN(CCCO)C(=O)c1cccnc1Br. The fourth-order valence-electron chi connectivity index (χ4n) is 2.20. The molecule has 1 amide bonds. The second kappa shape index (κ2) is 10.7. The van der Waals surface area contributed by atoms with Gasteiger partial charge in [0.25, 0.3) is 5.91 Å². The van der Waals surface area contributed by atoms with Crippen LogP contribution in [-0.4, -0.2) is 40.6 Å². The third kappa shape index (κ3) is 6.57. The molecule has 0 saturated carbocycles. The van der Waals surface area contributed by atoms with Gasteiger partial charge in [-0.2, -0.15) is 0 Å². The van der Waals surface area contributed by atoms with E-state index in [9.17, 15) is 4.79 Å². The molecule has 1 rings (SSSR count). The molecule has 118 valence electrons. The zero-order valence-corrected chi connectivity index (χ0v) is 14.3. The number of aliphatic hydroxyl groups excluding tert-OH is 1. The molecule has 1 N–H and O–H groups in total. The molecule has 1 aromatic rings. The molecule has 0 aromatic carbocycles. The number of unbranched alkanes of at least 4 members (excludes halogenated alkanes) is 4. The summed E-state index contributed by atoms with van der Waals surface area (Å²) < 4.78 is 0.579. The van der Waals surface area contributed by atoms with E-state index in [1.54, 1.807) is 18.3 Å². The quantitative estimate of drug-likeness (QED) is 0.514. The molecule has 0 aliphatic heterocycles. The minimum atomic E-state index is -0.0149. The van der Waals surface area contributed by atoms with E-state index in [0.717, 1.165) is 19.4 Å². The van der Waals surface area contributed by atoms with Gasteiger partial charge >= 0.3 is 0 Å². The van der Waals surface area contributed by atoms with Crippen molar-refractivity contribution in [1.82, 2.24) is 9.88 Å². The van der Waals surface area contributed by atoms with Gasteiger partial charge in [-0.25, -0.2) is 4.98 Å². The Morgan fingerprint density at radius 1 is 1.24 bits per heavy atom. The summed E-state index contributed by atoms with van der Waals surface area (Å²) in [6.07, 6.45) is 8.10. The second-order valence-corrected chi connectivity index (χ2v) is 5.88. The normalized spacial score (nSPS) is 10.6. The minimum absolute atomic E-state index is 0.0149. The monoisotopic (exact) mass is 356 g/mol. The van der Waals surface area contributed by atoms with Crippen LogP contribution in [0.3, 0.4) is 0 Å². The Hall–Kier alpha value is -0.940. The predicted molar refractivity (Wildman–Crippen MR) is 88.3 cm³/mol. The number of carbonyl (C=O) groups is 1. The van der Waals surface area contributed by atoms with Crippen LogP contribution in [0.15, 0.2) is 22.9 Å². The van der Waals surface area contributed by atoms with Crippen molar-refractivity contribution in [3.8, 4) is 0 Å². The predicted octanol–water partition coefficient (Wildman–Crippen LogP) is 3.64. The third-order valence-electron chi connectivity index (χ3n) is 3.39. The fraction of sp³-hybridized carbons (Fsp3) is 0.625. The van der Waals surface area contributed by atoms with E-state index < -0.39 is 0 Å². The Labute approximate surface area is 135 Å². The Morgan fingerprint density at radius 3 is 2.62 bits per heavy atom. The molecule has 0 unspecified atom stereocenters. The number of pyridine rings is 1. The highest BCUT2D eigenvalue weighted by molar-refractivity contribution is 9.10. The zero-order chi connectivity index (χ0) is 15.5. The maximum absolute atomic E-state index is 12.6. The molecule has 1 heterocycles. The van der Waals surface area contributed by atoms with E-state index in [0.29, 0.717) is 23.1 Å². The highest BCUT2D eigenvalue weighted by atomic mass is 79.9. The van der Waals surface area contributed by atoms with E-state index in [2.05, 4.69) is 27.8 Å². The molecule has 0 fully saturated rings. The first-order chi connectivity index (χ1) is 10.2. The average Bonchev–Trinajstić information content (AvgIpc) is 2.50. The van der Waals surface area contributed by atoms with Crippen LogP contribution in [0, 0.1) is 0 Å². The van der Waals surface area contributed by atoms with Crippen molar-refractivity contribution in [3.05, 3.63) is 28.5 Å². The van der Waals surface area contributed by atoms with Crippen LogP contribution in [0.5, 0.6) is 0 Å². The van der Waals surface area contributed by atoms with Gasteiger partial charge in [-0.05, 0) is 40.9 Å². The highest BCUT2D eigenvalue weighted by Gasteiger charge is 2.17. The number of amides is 1. The summed E-state index contributed by atoms with van der Waals surface area (Å²) in [4.78, 5) is 18.5. The van der Waals surface area contributed by atoms with Gasteiger partial charge in [-0.1, -0.05) is 32.6 Å². The molecule has 5 heteroatoms. The van der Waals surface area contributed by atoms with Crippen molar-refractivity contribution in [2.75, 3.05) is 19.7 Å². The van der Waals surface area contributed by atoms with Gasteiger partial charge in [0.2, 0.25) is 0 Å². The van der Waals surface area contributed by atoms with Gasteiger partial charge in [-0.15, -0.1) is 0 Å². The van der Waals surface area contributed by atoms with Gasteiger partial charge < -0.3 is 10.0 Å². The molecule has 21 heavy (non-hydrogen) atoms. The second-order valence-electron chi connectivity index (χ2n) is 5.13. The number of nitrogens with zero attached hydrogens (tertiary/aromatic N) is 2. The fourth-order valence-corrected chi connectivity index (χ4v) is 2.62. The van der Waals surface area contributed by atoms with Gasteiger partial charge in [0.05, 0.1) is 5.56 Å². The van der Waals surface area contributed by atoms with Crippen molar-refractivity contribution in [2.45, 2.75) is 45.4 Å². The third-order valence-corrected chi connectivity index (χ3v) is 4.03. The first kappa shape index (κ1) is 18.1. The zero-order valence-electron chi connectivity index (χ0n) is 12.7. The smallest absolute Gasteiger partial charge is 0.256 e. The summed E-state index contributed by atoms with van der Waals surface area (Å²) in [5.74, 6) is -0.0149. The molecule has 4 nitrogen and oxygen atoms in total. The molecular weight excluding hydrogens is 332 g/mol. The van der Waals surface area contributed by atoms with E-state index in [1.807, 2.05) is 4.90 Å². The van der Waals surface area contributed by atoms with Crippen molar-refractivity contribution in [3.63, 3.8) is 0 Å². The van der Waals surface area contributed by atoms with Crippen LogP contribution < -0.4 is 0 Å². The van der Waals surface area contributed by atoms with Crippen molar-refractivity contribution < 1.29 is 9.90 Å². The number of hydrogen-bond donors (Lipinski definition) is 1. The van der Waals surface area contributed by atoms with E-state index in [4.69, 9.17) is 5.11 Å². The molecule has 0 spiro atoms. The number of halogens is 1. The lowest BCUT2D eigenvalue weighted by molar-refractivity contribution is 0.0740. The Balaban J connectivity index is 2.59. The number of hydrogen-bond acceptors (Lipinski definition) is 3. The number of aromatic nitrogens is 1. The standard InChI is InChI=1S/C16H25BrN2O2/c1-2-3-4-5-6-11-19(12-8-13-20)16(21)14-9-7-10-18-15(14)17/h7,9-10,20H,2-6,8,11-13H2,1H3. The van der Waals surface area contributed by atoms with E-state index in [1.165, 1.54) is 19.3 Å². The van der Waals surface area contributed by atoms with E-state index in [-0.39, 0.29) is 12.5 Å². The maximum atomic E-state index is 12.6. The van der Waals surface area contributed by atoms with E-state index >= 15 is 0 Å². The molecule has 0 radical (unpaired) electrons. The summed E-state index contributed by atoms with van der Waals surface area (Å²) in [5.41, 5.74) is 0.587. The molecule has 0 aliphatic carbocycles. The first-order valence-electron chi connectivity index (χ1n) is 7.71. The van der Waals surface area contributed by atoms with Gasteiger partial charge in [0, 0.05) is 25.9 Å². The van der Waals surface area contributed by atoms with Gasteiger partial charge in [-0.3, -0.25) is 4.79 Å². The molecule has 0 aliphatic rings. The molecule has 0 saturated heterocycles. The first-order valence-corrected chi connectivity index (χ1v) is 8.50. The van der Waals surface area contributed by atoms with Crippen LogP contribution in [-0.2, 0) is 0 Å². The number of carbonyl (C=O) groups excluding carboxylic acids is 1. The van der Waals surface area contributed by atoms with Gasteiger partial charge in [0.15, 0.2) is 0 Å². The number of rotatable bonds is 10.